The van der Waals surface area contributed by atoms with E-state index in [2.05, 4.69) is 4.18 Å². The van der Waals surface area contributed by atoms with Crippen molar-refractivity contribution in [1.29, 1.82) is 0 Å². The maximum absolute atomic E-state index is 11.3. The van der Waals surface area contributed by atoms with Crippen molar-refractivity contribution in [2.24, 2.45) is 17.3 Å². The second-order valence-corrected chi connectivity index (χ2v) is 11.9. The second kappa shape index (κ2) is 12.4. The van der Waals surface area contributed by atoms with E-state index in [1.807, 2.05) is 6.92 Å². The molecular weight excluding hydrogens is 558 g/mol. The summed E-state index contributed by atoms with van der Waals surface area (Å²) in [5.74, 6) is -1.45. The molecule has 2 saturated carbocycles. The molecule has 12 nitrogen and oxygen atoms in total. The average Bonchev–Trinajstić information content (AvgIpc) is 3.08. The number of benzene rings is 1. The monoisotopic (exact) mass is 588 g/mol. The molecule has 1 saturated heterocycles. The van der Waals surface area contributed by atoms with Gasteiger partial charge in [-0.15, -0.1) is 0 Å². The quantitative estimate of drug-likeness (QED) is 0.144. The molecule has 4 aliphatic rings. The zero-order valence-electron chi connectivity index (χ0n) is 22.0. The van der Waals surface area contributed by atoms with E-state index in [4.69, 9.17) is 9.47 Å². The van der Waals surface area contributed by atoms with Crippen LogP contribution in [0.3, 0.4) is 0 Å². The standard InChI is InChI=1S/C24H32O12S.2Na/c1-24-7-6-13-12-5-3-11(36-37(31,32)33)8-10(12)2-4-14(13)15(24)9-16(21(24)28)34-23-19(27)17(25)18(26)20(35-23)22(29)30;;/h3,5,8,13-21,23,25-28H,2,4,6-7,9H2,1H3,(H,29,30)(H,31,32,33);;/q;2*+1/p-2/t13?,14-,15+,16-,17+,18+,19-,20+,21+,23?,24+;;/m1../s1. The van der Waals surface area contributed by atoms with Gasteiger partial charge in [0.2, 0.25) is 0 Å². The molecule has 3 aliphatic carbocycles. The molecule has 3 fully saturated rings. The van der Waals surface area contributed by atoms with Crippen LogP contribution in [0.2, 0.25) is 0 Å². The smallest absolute Gasteiger partial charge is 0.716 e. The molecule has 206 valence electrons. The van der Waals surface area contributed by atoms with Crippen molar-refractivity contribution in [2.45, 2.75) is 87.9 Å². The normalized spacial score (nSPS) is 41.2. The molecule has 0 radical (unpaired) electrons. The molecule has 0 amide bonds. The van der Waals surface area contributed by atoms with Crippen molar-refractivity contribution in [2.75, 3.05) is 0 Å². The number of carbonyl (C=O) groups is 1. The number of rotatable bonds is 5. The Morgan fingerprint density at radius 1 is 1.10 bits per heavy atom. The largest absolute Gasteiger partial charge is 1.00 e. The summed E-state index contributed by atoms with van der Waals surface area (Å²) < 4.78 is 48.5. The Morgan fingerprint density at radius 3 is 2.44 bits per heavy atom. The number of aliphatic hydroxyl groups is 4. The fourth-order valence-electron chi connectivity index (χ4n) is 7.15. The SMILES string of the molecule is C[C@]12CCC3c4ccc(OS(=O)(=O)[O-])cc4CC[C@H]3[C@@H]1C[C@@H](OC1O[C@H](C(=O)[O-])[C@@H](O)[C@H](O)[C@H]1O)[C@@H]2O.[Na+].[Na+]. The van der Waals surface area contributed by atoms with Crippen molar-refractivity contribution < 1.29 is 116 Å². The maximum Gasteiger partial charge on any atom is 1.00 e. The van der Waals surface area contributed by atoms with Crippen molar-refractivity contribution in [3.05, 3.63) is 29.3 Å². The van der Waals surface area contributed by atoms with Crippen LogP contribution in [0.25, 0.3) is 0 Å². The van der Waals surface area contributed by atoms with Gasteiger partial charge in [-0.2, -0.15) is 0 Å². The summed E-state index contributed by atoms with van der Waals surface area (Å²) in [6, 6.07) is 4.84. The average molecular weight is 589 g/mol. The van der Waals surface area contributed by atoms with Crippen molar-refractivity contribution >= 4 is 16.4 Å². The van der Waals surface area contributed by atoms with E-state index in [-0.39, 0.29) is 82.6 Å². The molecule has 0 spiro atoms. The number of carboxylic acid groups (broad SMARTS) is 1. The van der Waals surface area contributed by atoms with Crippen molar-refractivity contribution in [3.8, 4) is 5.75 Å². The van der Waals surface area contributed by atoms with Gasteiger partial charge in [0.1, 0.15) is 30.2 Å². The van der Waals surface area contributed by atoms with Gasteiger partial charge in [-0.05, 0) is 78.5 Å². The number of aliphatic carboxylic acids is 1. The summed E-state index contributed by atoms with van der Waals surface area (Å²) in [6.07, 6.45) is -7.47. The van der Waals surface area contributed by atoms with E-state index in [0.29, 0.717) is 19.3 Å². The minimum absolute atomic E-state index is 0. The molecule has 5 rings (SSSR count). The van der Waals surface area contributed by atoms with E-state index in [0.717, 1.165) is 24.0 Å². The van der Waals surface area contributed by atoms with Crippen molar-refractivity contribution in [3.63, 3.8) is 0 Å². The summed E-state index contributed by atoms with van der Waals surface area (Å²) in [7, 11) is -4.88. The van der Waals surface area contributed by atoms with Gasteiger partial charge in [0.05, 0.1) is 18.2 Å². The van der Waals surface area contributed by atoms with Crippen LogP contribution in [0.5, 0.6) is 5.75 Å². The van der Waals surface area contributed by atoms with Gasteiger partial charge >= 0.3 is 59.1 Å². The van der Waals surface area contributed by atoms with Gasteiger partial charge in [0, 0.05) is 0 Å². The van der Waals surface area contributed by atoms with E-state index in [9.17, 15) is 43.3 Å². The summed E-state index contributed by atoms with van der Waals surface area (Å²) in [6.45, 7) is 1.98. The number of hydrogen-bond donors (Lipinski definition) is 4. The maximum atomic E-state index is 11.3. The number of ether oxygens (including phenoxy) is 2. The first-order valence-electron chi connectivity index (χ1n) is 12.3. The molecule has 1 aromatic carbocycles. The zero-order chi connectivity index (χ0) is 26.9. The third-order valence-electron chi connectivity index (χ3n) is 8.96. The Labute approximate surface area is 270 Å². The number of fused-ring (bicyclic) bond motifs is 5. The minimum Gasteiger partial charge on any atom is -0.716 e. The molecular formula is C24H30Na2O12S. The van der Waals surface area contributed by atoms with E-state index >= 15 is 0 Å². The predicted molar refractivity (Wildman–Crippen MR) is 119 cm³/mol. The first kappa shape index (κ1) is 33.7. The van der Waals surface area contributed by atoms with Gasteiger partial charge in [-0.1, -0.05) is 13.0 Å². The number of aliphatic hydroxyl groups excluding tert-OH is 4. The van der Waals surface area contributed by atoms with Crippen LogP contribution < -0.4 is 68.4 Å². The van der Waals surface area contributed by atoms with Gasteiger partial charge < -0.3 is 48.5 Å². The van der Waals surface area contributed by atoms with Crippen LogP contribution in [-0.2, 0) is 31.1 Å². The fourth-order valence-corrected chi connectivity index (χ4v) is 7.49. The van der Waals surface area contributed by atoms with Crippen LogP contribution in [0.1, 0.15) is 49.7 Å². The molecule has 0 bridgehead atoms. The molecule has 39 heavy (non-hydrogen) atoms. The minimum atomic E-state index is -4.88. The molecule has 4 N–H and O–H groups in total. The van der Waals surface area contributed by atoms with E-state index < -0.39 is 64.7 Å². The third-order valence-corrected chi connectivity index (χ3v) is 9.36. The summed E-state index contributed by atoms with van der Waals surface area (Å²) in [5, 5.41) is 52.9. The Bertz CT molecular complexity index is 1170. The molecule has 15 heteroatoms. The molecule has 1 aliphatic heterocycles. The molecule has 1 heterocycles. The number of hydrogen-bond acceptors (Lipinski definition) is 12. The number of carboxylic acids is 1. The topological polar surface area (TPSA) is 206 Å². The molecule has 0 aromatic heterocycles. The molecule has 2 unspecified atom stereocenters. The van der Waals surface area contributed by atoms with Gasteiger partial charge in [0.15, 0.2) is 6.29 Å². The number of carbonyl (C=O) groups excluding carboxylic acids is 1. The Kier molecular flexibility index (Phi) is 10.7. The third kappa shape index (κ3) is 6.28. The first-order valence-corrected chi connectivity index (χ1v) is 13.7. The van der Waals surface area contributed by atoms with Crippen LogP contribution >= 0.6 is 0 Å². The zero-order valence-corrected chi connectivity index (χ0v) is 26.8. The van der Waals surface area contributed by atoms with Crippen molar-refractivity contribution in [1.82, 2.24) is 0 Å². The Hall–Kier alpha value is 0.160. The molecule has 11 atom stereocenters. The van der Waals surface area contributed by atoms with E-state index in [1.165, 1.54) is 6.07 Å². The van der Waals surface area contributed by atoms with Crippen LogP contribution in [0, 0.1) is 17.3 Å². The predicted octanol–water partition coefficient (Wildman–Crippen LogP) is -7.70. The van der Waals surface area contributed by atoms with Crippen LogP contribution in [0.4, 0.5) is 0 Å². The second-order valence-electron chi connectivity index (χ2n) is 10.9. The molecule has 1 aromatic rings. The fraction of sp³-hybridized carbons (Fsp3) is 0.708. The summed E-state index contributed by atoms with van der Waals surface area (Å²) >= 11 is 0. The summed E-state index contributed by atoms with van der Waals surface area (Å²) in [4.78, 5) is 11.3. The van der Waals surface area contributed by atoms with Gasteiger partial charge in [-0.25, -0.2) is 8.42 Å². The number of aryl methyl sites for hydroxylation is 1. The van der Waals surface area contributed by atoms with Crippen LogP contribution in [0.15, 0.2) is 18.2 Å². The van der Waals surface area contributed by atoms with Gasteiger partial charge in [-0.3, -0.25) is 0 Å². The van der Waals surface area contributed by atoms with Crippen LogP contribution in [-0.4, -0.2) is 82.3 Å². The first-order chi connectivity index (χ1) is 17.3. The Morgan fingerprint density at radius 2 is 1.79 bits per heavy atom. The summed E-state index contributed by atoms with van der Waals surface area (Å²) in [5.41, 5.74) is 1.44. The van der Waals surface area contributed by atoms with E-state index in [1.54, 1.807) is 12.1 Å². The Balaban J connectivity index is 0.00000210. The van der Waals surface area contributed by atoms with Gasteiger partial charge in [0.25, 0.3) is 10.4 Å².